The molecule has 0 spiro atoms. The van der Waals surface area contributed by atoms with E-state index in [0.717, 1.165) is 18.2 Å². The van der Waals surface area contributed by atoms with Gasteiger partial charge in [0.15, 0.2) is 0 Å². The van der Waals surface area contributed by atoms with Crippen LogP contribution in [0.4, 0.5) is 0 Å². The largest absolute Gasteiger partial charge is 0.359 e. The molecule has 0 aliphatic carbocycles. The topological polar surface area (TPSA) is 9.23 Å². The zero-order chi connectivity index (χ0) is 11.1. The first kappa shape index (κ1) is 13.5. The van der Waals surface area contributed by atoms with Crippen molar-refractivity contribution in [1.29, 1.82) is 0 Å². The molecule has 1 rings (SSSR count). The normalized spacial score (nSPS) is 28.2. The summed E-state index contributed by atoms with van der Waals surface area (Å²) in [5, 5.41) is 0. The first-order valence-corrected chi connectivity index (χ1v) is 8.39. The van der Waals surface area contributed by atoms with E-state index < -0.39 is 0 Å². The van der Waals surface area contributed by atoms with Crippen molar-refractivity contribution < 1.29 is 4.52 Å². The molecule has 90 valence electrons. The molecule has 0 aromatic carbocycles. The first-order valence-electron chi connectivity index (χ1n) is 6.61. The van der Waals surface area contributed by atoms with E-state index in [0.29, 0.717) is 0 Å². The molecular formula is C13H27OP. The number of hydrogen-bond donors (Lipinski definition) is 0. The maximum Gasteiger partial charge on any atom is 0.0515 e. The van der Waals surface area contributed by atoms with Crippen molar-refractivity contribution in [3.8, 4) is 0 Å². The van der Waals surface area contributed by atoms with E-state index in [-0.39, 0.29) is 8.15 Å². The average Bonchev–Trinajstić information content (AvgIpc) is 2.64. The molecule has 3 atom stereocenters. The van der Waals surface area contributed by atoms with Gasteiger partial charge in [-0.15, -0.1) is 0 Å². The van der Waals surface area contributed by atoms with Crippen LogP contribution in [0.3, 0.4) is 0 Å². The number of rotatable bonds is 7. The lowest BCUT2D eigenvalue weighted by molar-refractivity contribution is 0.381. The van der Waals surface area contributed by atoms with Gasteiger partial charge in [-0.2, -0.15) is 0 Å². The van der Waals surface area contributed by atoms with Gasteiger partial charge in [-0.3, -0.25) is 0 Å². The summed E-state index contributed by atoms with van der Waals surface area (Å²) in [7, 11) is -0.0954. The van der Waals surface area contributed by atoms with Crippen molar-refractivity contribution in [2.24, 2.45) is 5.92 Å². The Balaban J connectivity index is 2.05. The van der Waals surface area contributed by atoms with Gasteiger partial charge in [-0.1, -0.05) is 52.4 Å². The quantitative estimate of drug-likeness (QED) is 0.451. The van der Waals surface area contributed by atoms with Crippen LogP contribution in [0.25, 0.3) is 0 Å². The molecule has 1 nitrogen and oxygen atoms in total. The molecule has 1 aliphatic heterocycles. The Morgan fingerprint density at radius 1 is 1.27 bits per heavy atom. The highest BCUT2D eigenvalue weighted by atomic mass is 31.1. The van der Waals surface area contributed by atoms with E-state index in [2.05, 4.69) is 20.5 Å². The van der Waals surface area contributed by atoms with Gasteiger partial charge in [0.05, 0.1) is 6.61 Å². The second kappa shape index (κ2) is 7.63. The fraction of sp³-hybridized carbons (Fsp3) is 1.00. The third-order valence-electron chi connectivity index (χ3n) is 3.60. The molecule has 0 saturated carbocycles. The second-order valence-electron chi connectivity index (χ2n) is 4.92. The number of hydrogen-bond acceptors (Lipinski definition) is 1. The summed E-state index contributed by atoms with van der Waals surface area (Å²) >= 11 is 0. The first-order chi connectivity index (χ1) is 7.25. The van der Waals surface area contributed by atoms with Gasteiger partial charge in [0, 0.05) is 13.8 Å². The van der Waals surface area contributed by atoms with Crippen LogP contribution in [0.15, 0.2) is 0 Å². The molecule has 15 heavy (non-hydrogen) atoms. The van der Waals surface area contributed by atoms with E-state index in [4.69, 9.17) is 4.52 Å². The fourth-order valence-corrected chi connectivity index (χ4v) is 4.42. The Morgan fingerprint density at radius 2 is 2.00 bits per heavy atom. The highest BCUT2D eigenvalue weighted by molar-refractivity contribution is 7.52. The lowest BCUT2D eigenvalue weighted by Gasteiger charge is -2.21. The molecule has 0 bridgehead atoms. The van der Waals surface area contributed by atoms with Crippen LogP contribution in [0.2, 0.25) is 0 Å². The molecule has 1 saturated heterocycles. The molecule has 0 radical (unpaired) electrons. The second-order valence-corrected chi connectivity index (χ2v) is 6.93. The zero-order valence-corrected chi connectivity index (χ0v) is 11.6. The molecule has 0 aromatic heterocycles. The van der Waals surface area contributed by atoms with E-state index in [9.17, 15) is 0 Å². The average molecular weight is 230 g/mol. The Morgan fingerprint density at radius 3 is 2.60 bits per heavy atom. The van der Waals surface area contributed by atoms with E-state index >= 15 is 0 Å². The Hall–Kier alpha value is 0.390. The predicted molar refractivity (Wildman–Crippen MR) is 69.7 cm³/mol. The highest BCUT2D eigenvalue weighted by Crippen LogP contribution is 2.50. The van der Waals surface area contributed by atoms with Gasteiger partial charge in [0.25, 0.3) is 0 Å². The van der Waals surface area contributed by atoms with Gasteiger partial charge in [-0.25, -0.2) is 0 Å². The van der Waals surface area contributed by atoms with Crippen LogP contribution in [-0.2, 0) is 4.52 Å². The maximum absolute atomic E-state index is 5.70. The van der Waals surface area contributed by atoms with Gasteiger partial charge in [0.2, 0.25) is 0 Å². The molecule has 0 aromatic rings. The Kier molecular flexibility index (Phi) is 6.84. The van der Waals surface area contributed by atoms with Gasteiger partial charge < -0.3 is 4.52 Å². The molecule has 2 heteroatoms. The maximum atomic E-state index is 5.70. The van der Waals surface area contributed by atoms with Crippen molar-refractivity contribution in [3.63, 3.8) is 0 Å². The van der Waals surface area contributed by atoms with Crippen molar-refractivity contribution in [3.05, 3.63) is 0 Å². The molecule has 1 fully saturated rings. The minimum atomic E-state index is -0.0954. The monoisotopic (exact) mass is 230 g/mol. The van der Waals surface area contributed by atoms with Crippen molar-refractivity contribution in [1.82, 2.24) is 0 Å². The van der Waals surface area contributed by atoms with Gasteiger partial charge in [-0.05, 0) is 19.0 Å². The SMILES string of the molecule is CCCCCCCC(C)C1CCOP1C. The highest BCUT2D eigenvalue weighted by Gasteiger charge is 2.28. The third-order valence-corrected chi connectivity index (χ3v) is 5.89. The molecule has 1 aliphatic rings. The van der Waals surface area contributed by atoms with Crippen molar-refractivity contribution in [2.45, 2.75) is 64.5 Å². The Bertz CT molecular complexity index is 161. The molecule has 1 heterocycles. The summed E-state index contributed by atoms with van der Waals surface area (Å²) in [6.07, 6.45) is 9.82. The minimum absolute atomic E-state index is 0.0954. The summed E-state index contributed by atoms with van der Waals surface area (Å²) in [6.45, 7) is 8.04. The Labute approximate surface area is 96.8 Å². The minimum Gasteiger partial charge on any atom is -0.359 e. The van der Waals surface area contributed by atoms with E-state index in [1.165, 1.54) is 44.9 Å². The molecular weight excluding hydrogens is 203 g/mol. The standard InChI is InChI=1S/C13H27OP/c1-4-5-6-7-8-9-12(2)13-10-11-14-15(13)3/h12-13H,4-11H2,1-3H3. The van der Waals surface area contributed by atoms with Crippen molar-refractivity contribution >= 4 is 8.15 Å². The zero-order valence-electron chi connectivity index (χ0n) is 10.7. The summed E-state index contributed by atoms with van der Waals surface area (Å²) in [6, 6.07) is 0. The van der Waals surface area contributed by atoms with Crippen LogP contribution in [0.1, 0.15) is 58.8 Å². The van der Waals surface area contributed by atoms with Gasteiger partial charge in [0.1, 0.15) is 0 Å². The fourth-order valence-electron chi connectivity index (χ4n) is 2.50. The van der Waals surface area contributed by atoms with Crippen LogP contribution in [0.5, 0.6) is 0 Å². The lowest BCUT2D eigenvalue weighted by atomic mass is 9.97. The summed E-state index contributed by atoms with van der Waals surface area (Å²) in [5.41, 5.74) is 0.895. The van der Waals surface area contributed by atoms with E-state index in [1.54, 1.807) is 0 Å². The molecule has 0 N–H and O–H groups in total. The summed E-state index contributed by atoms with van der Waals surface area (Å²) in [5.74, 6) is 0.894. The van der Waals surface area contributed by atoms with Crippen LogP contribution in [-0.4, -0.2) is 18.9 Å². The predicted octanol–water partition coefficient (Wildman–Crippen LogP) is 4.80. The van der Waals surface area contributed by atoms with Crippen molar-refractivity contribution in [2.75, 3.05) is 13.3 Å². The smallest absolute Gasteiger partial charge is 0.0515 e. The molecule has 3 unspecified atom stereocenters. The lowest BCUT2D eigenvalue weighted by Crippen LogP contribution is -2.12. The third kappa shape index (κ3) is 4.83. The van der Waals surface area contributed by atoms with Crippen LogP contribution >= 0.6 is 8.15 Å². The van der Waals surface area contributed by atoms with Crippen LogP contribution < -0.4 is 0 Å². The van der Waals surface area contributed by atoms with E-state index in [1.807, 2.05) is 0 Å². The molecule has 0 amide bonds. The summed E-state index contributed by atoms with van der Waals surface area (Å²) in [4.78, 5) is 0. The van der Waals surface area contributed by atoms with Crippen LogP contribution in [0, 0.1) is 5.92 Å². The van der Waals surface area contributed by atoms with Gasteiger partial charge >= 0.3 is 0 Å². The number of unbranched alkanes of at least 4 members (excludes halogenated alkanes) is 4. The summed E-state index contributed by atoms with van der Waals surface area (Å²) < 4.78 is 5.70.